The van der Waals surface area contributed by atoms with Gasteiger partial charge in [0.15, 0.2) is 0 Å². The van der Waals surface area contributed by atoms with Crippen molar-refractivity contribution in [2.45, 2.75) is 18.5 Å². The summed E-state index contributed by atoms with van der Waals surface area (Å²) >= 11 is 0. The fourth-order valence-corrected chi connectivity index (χ4v) is 8.50. The van der Waals surface area contributed by atoms with Crippen molar-refractivity contribution < 1.29 is 44.3 Å². The molecule has 39 heavy (non-hydrogen) atoms. The summed E-state index contributed by atoms with van der Waals surface area (Å²) in [5.74, 6) is 0.434. The van der Waals surface area contributed by atoms with Gasteiger partial charge >= 0.3 is 18.5 Å². The van der Waals surface area contributed by atoms with E-state index in [2.05, 4.69) is 0 Å². The first-order chi connectivity index (χ1) is 18.2. The van der Waals surface area contributed by atoms with Crippen LogP contribution in [0.3, 0.4) is 0 Å². The number of methoxy groups -OCH3 is 1. The van der Waals surface area contributed by atoms with Crippen molar-refractivity contribution in [2.24, 2.45) is 0 Å². The SMILES string of the molecule is COc1ccc([P+](c2ccc(C(F)(F)F)cc2)(c2ccc(C(F)(F)F)cc2)c2ccc(C(F)(F)F)cc2)cc1. The van der Waals surface area contributed by atoms with E-state index in [1.54, 1.807) is 24.3 Å². The Kier molecular flexibility index (Phi) is 7.47. The molecule has 4 aromatic rings. The molecule has 0 aliphatic heterocycles. The fourth-order valence-electron chi connectivity index (χ4n) is 4.32. The molecule has 0 atom stereocenters. The van der Waals surface area contributed by atoms with Gasteiger partial charge in [-0.1, -0.05) is 0 Å². The van der Waals surface area contributed by atoms with Crippen LogP contribution in [0.2, 0.25) is 0 Å². The number of halogens is 9. The predicted octanol–water partition coefficient (Wildman–Crippen LogP) is 7.37. The minimum absolute atomic E-state index is 0.306. The molecular weight excluding hydrogens is 554 g/mol. The minimum Gasteiger partial charge on any atom is -0.497 e. The van der Waals surface area contributed by atoms with Crippen molar-refractivity contribution >= 4 is 28.5 Å². The van der Waals surface area contributed by atoms with E-state index in [4.69, 9.17) is 4.74 Å². The van der Waals surface area contributed by atoms with Crippen molar-refractivity contribution in [3.63, 3.8) is 0 Å². The Hall–Kier alpha value is -3.52. The van der Waals surface area contributed by atoms with Gasteiger partial charge < -0.3 is 4.74 Å². The van der Waals surface area contributed by atoms with Gasteiger partial charge in [-0.15, -0.1) is 0 Å². The average molecular weight is 573 g/mol. The lowest BCUT2D eigenvalue weighted by Crippen LogP contribution is -2.39. The van der Waals surface area contributed by atoms with Crippen LogP contribution in [0, 0.1) is 0 Å². The van der Waals surface area contributed by atoms with Gasteiger partial charge in [-0.05, 0) is 97.1 Å². The third-order valence-corrected chi connectivity index (χ3v) is 10.5. The van der Waals surface area contributed by atoms with E-state index in [1.165, 1.54) is 43.5 Å². The zero-order valence-electron chi connectivity index (χ0n) is 20.0. The molecule has 0 aliphatic carbocycles. The van der Waals surface area contributed by atoms with Crippen molar-refractivity contribution in [3.05, 3.63) is 114 Å². The molecule has 0 saturated heterocycles. The Morgan fingerprint density at radius 3 is 0.846 bits per heavy atom. The van der Waals surface area contributed by atoms with Crippen LogP contribution in [0.25, 0.3) is 0 Å². The second-order valence-corrected chi connectivity index (χ2v) is 11.9. The van der Waals surface area contributed by atoms with Crippen molar-refractivity contribution in [1.29, 1.82) is 0 Å². The number of alkyl halides is 9. The first kappa shape index (κ1) is 28.5. The van der Waals surface area contributed by atoms with Gasteiger partial charge in [-0.2, -0.15) is 39.5 Å². The molecule has 0 amide bonds. The van der Waals surface area contributed by atoms with Crippen LogP contribution in [0.5, 0.6) is 5.75 Å². The monoisotopic (exact) mass is 573 g/mol. The largest absolute Gasteiger partial charge is 0.497 e. The van der Waals surface area contributed by atoms with E-state index >= 15 is 0 Å². The third kappa shape index (κ3) is 5.62. The van der Waals surface area contributed by atoms with Crippen molar-refractivity contribution in [3.8, 4) is 5.75 Å². The number of ether oxygens (including phenoxy) is 1. The molecule has 0 heterocycles. The van der Waals surface area contributed by atoms with Crippen LogP contribution >= 0.6 is 7.26 Å². The first-order valence-corrected chi connectivity index (χ1v) is 13.0. The highest BCUT2D eigenvalue weighted by molar-refractivity contribution is 8.01. The van der Waals surface area contributed by atoms with E-state index in [1.807, 2.05) is 0 Å². The Labute approximate surface area is 218 Å². The normalized spacial score (nSPS) is 12.9. The third-order valence-electron chi connectivity index (χ3n) is 6.21. The zero-order chi connectivity index (χ0) is 28.6. The second kappa shape index (κ2) is 10.2. The molecule has 0 aliphatic rings. The topological polar surface area (TPSA) is 9.23 Å². The fraction of sp³-hybridized carbons (Fsp3) is 0.143. The first-order valence-electron chi connectivity index (χ1n) is 11.2. The van der Waals surface area contributed by atoms with Gasteiger partial charge in [-0.25, -0.2) is 0 Å². The quantitative estimate of drug-likeness (QED) is 0.179. The molecular formula is C28H19F9OP+. The summed E-state index contributed by atoms with van der Waals surface area (Å²) in [6.07, 6.45) is -14.0. The average Bonchev–Trinajstić information content (AvgIpc) is 2.89. The number of benzene rings is 4. The number of hydrogen-bond acceptors (Lipinski definition) is 1. The summed E-state index contributed by atoms with van der Waals surface area (Å²) in [4.78, 5) is 0. The maximum atomic E-state index is 13.4. The van der Waals surface area contributed by atoms with Crippen molar-refractivity contribution in [2.75, 3.05) is 7.11 Å². The van der Waals surface area contributed by atoms with Gasteiger partial charge in [0.1, 0.15) is 34.2 Å². The molecule has 11 heteroatoms. The summed E-state index contributed by atoms with van der Waals surface area (Å²) in [7, 11) is -1.89. The van der Waals surface area contributed by atoms with Crippen LogP contribution < -0.4 is 26.0 Å². The lowest BCUT2D eigenvalue weighted by molar-refractivity contribution is -0.138. The van der Waals surface area contributed by atoms with Gasteiger partial charge in [0.2, 0.25) is 0 Å². The highest BCUT2D eigenvalue weighted by Crippen LogP contribution is 2.55. The van der Waals surface area contributed by atoms with Gasteiger partial charge in [0.25, 0.3) is 0 Å². The second-order valence-electron chi connectivity index (χ2n) is 8.50. The van der Waals surface area contributed by atoms with Gasteiger partial charge in [-0.3, -0.25) is 0 Å². The minimum atomic E-state index is -4.65. The highest BCUT2D eigenvalue weighted by Gasteiger charge is 2.49. The predicted molar refractivity (Wildman–Crippen MR) is 133 cm³/mol. The molecule has 4 rings (SSSR count). The van der Waals surface area contributed by atoms with Crippen LogP contribution in [0.1, 0.15) is 16.7 Å². The summed E-state index contributed by atoms with van der Waals surface area (Å²) in [5.41, 5.74) is -2.84. The molecule has 0 bridgehead atoms. The summed E-state index contributed by atoms with van der Waals surface area (Å²) in [5, 5.41) is 1.41. The van der Waals surface area contributed by atoms with Gasteiger partial charge in [0.05, 0.1) is 23.8 Å². The Morgan fingerprint density at radius 2 is 0.641 bits per heavy atom. The van der Waals surface area contributed by atoms with Crippen LogP contribution in [-0.4, -0.2) is 7.11 Å². The van der Waals surface area contributed by atoms with E-state index in [0.29, 0.717) is 27.0 Å². The molecule has 0 spiro atoms. The molecule has 0 aromatic heterocycles. The maximum Gasteiger partial charge on any atom is 0.416 e. The molecule has 204 valence electrons. The number of hydrogen-bond donors (Lipinski definition) is 0. The zero-order valence-corrected chi connectivity index (χ0v) is 20.9. The Balaban J connectivity index is 2.07. The molecule has 4 aromatic carbocycles. The van der Waals surface area contributed by atoms with Crippen LogP contribution in [0.4, 0.5) is 39.5 Å². The van der Waals surface area contributed by atoms with E-state index in [0.717, 1.165) is 36.4 Å². The smallest absolute Gasteiger partial charge is 0.416 e. The molecule has 0 N–H and O–H groups in total. The molecule has 0 unspecified atom stereocenters. The molecule has 0 saturated carbocycles. The lowest BCUT2D eigenvalue weighted by Gasteiger charge is -2.28. The molecule has 1 nitrogen and oxygen atoms in total. The Morgan fingerprint density at radius 1 is 0.410 bits per heavy atom. The van der Waals surface area contributed by atoms with Crippen LogP contribution in [0.15, 0.2) is 97.1 Å². The standard InChI is InChI=1S/C28H19F9OP/c1-38-21-8-16-25(17-9-21)39(22-10-2-18(3-11-22)26(29,30)31,23-12-4-19(5-13-23)27(32,33)34)24-14-6-20(7-15-24)28(35,36)37/h2-17H,1H3/q+1. The van der Waals surface area contributed by atoms with Crippen molar-refractivity contribution in [1.82, 2.24) is 0 Å². The lowest BCUT2D eigenvalue weighted by atomic mass is 10.2. The van der Waals surface area contributed by atoms with Crippen LogP contribution in [-0.2, 0) is 18.5 Å². The summed E-state index contributed by atoms with van der Waals surface area (Å²) in [6, 6.07) is 18.8. The maximum absolute atomic E-state index is 13.4. The highest BCUT2D eigenvalue weighted by atomic mass is 31.2. The van der Waals surface area contributed by atoms with E-state index in [-0.39, 0.29) is 0 Å². The van der Waals surface area contributed by atoms with Gasteiger partial charge in [0, 0.05) is 0 Å². The Bertz CT molecular complexity index is 1260. The summed E-state index contributed by atoms with van der Waals surface area (Å²) < 4.78 is 125. The number of rotatable bonds is 5. The molecule has 0 radical (unpaired) electrons. The van der Waals surface area contributed by atoms with E-state index < -0.39 is 42.5 Å². The molecule has 0 fully saturated rings. The summed E-state index contributed by atoms with van der Waals surface area (Å²) in [6.45, 7) is 0. The van der Waals surface area contributed by atoms with E-state index in [9.17, 15) is 39.5 Å².